The number of Topliss-reactive ketones (excluding diaryl/α,β-unsaturated/α-hetero) is 1. The van der Waals surface area contributed by atoms with E-state index < -0.39 is 29.2 Å². The summed E-state index contributed by atoms with van der Waals surface area (Å²) < 4.78 is 1.58. The quantitative estimate of drug-likeness (QED) is 0.559. The number of nitrogens with zero attached hydrogens (tertiary/aromatic N) is 2. The molecule has 1 aliphatic rings. The van der Waals surface area contributed by atoms with Gasteiger partial charge in [0, 0.05) is 11.3 Å². The third-order valence-corrected chi connectivity index (χ3v) is 6.08. The van der Waals surface area contributed by atoms with Crippen LogP contribution in [0.4, 0.5) is 0 Å². The van der Waals surface area contributed by atoms with E-state index in [1.165, 1.54) is 6.42 Å². The number of rotatable bonds is 8. The van der Waals surface area contributed by atoms with E-state index in [0.717, 1.165) is 25.7 Å². The van der Waals surface area contributed by atoms with Crippen molar-refractivity contribution in [1.29, 1.82) is 0 Å². The number of ketones is 1. The first-order chi connectivity index (χ1) is 15.6. The Bertz CT molecular complexity index is 1050. The first kappa shape index (κ1) is 24.4. The highest BCUT2D eigenvalue weighted by atomic mass is 16.2. The first-order valence-electron chi connectivity index (χ1n) is 11.4. The normalized spacial score (nSPS) is 15.7. The molecule has 33 heavy (non-hydrogen) atoms. The largest absolute Gasteiger partial charge is 0.368 e. The molecule has 0 radical (unpaired) electrons. The second-order valence-electron chi connectivity index (χ2n) is 9.78. The lowest BCUT2D eigenvalue weighted by molar-refractivity contribution is -0.128. The Morgan fingerprint density at radius 1 is 1.12 bits per heavy atom. The van der Waals surface area contributed by atoms with Crippen molar-refractivity contribution in [2.24, 2.45) is 17.1 Å². The molecule has 3 rings (SSSR count). The summed E-state index contributed by atoms with van der Waals surface area (Å²) in [4.78, 5) is 49.8. The Balaban J connectivity index is 1.84. The number of hydrogen-bond donors (Lipinski definition) is 3. The van der Waals surface area contributed by atoms with Crippen molar-refractivity contribution in [3.05, 3.63) is 30.0 Å². The molecule has 1 aromatic carbocycles. The highest BCUT2D eigenvalue weighted by molar-refractivity contribution is 6.06. The summed E-state index contributed by atoms with van der Waals surface area (Å²) in [7, 11) is 0. The van der Waals surface area contributed by atoms with E-state index in [1.807, 2.05) is 12.1 Å². The molecule has 0 aliphatic heterocycles. The highest BCUT2D eigenvalue weighted by Crippen LogP contribution is 2.26. The highest BCUT2D eigenvalue weighted by Gasteiger charge is 2.34. The number of nitrogens with one attached hydrogen (secondary N) is 2. The molecule has 1 aromatic heterocycles. The van der Waals surface area contributed by atoms with Gasteiger partial charge in [0.25, 0.3) is 5.91 Å². The lowest BCUT2D eigenvalue weighted by Gasteiger charge is -2.30. The molecule has 3 amide bonds. The van der Waals surface area contributed by atoms with E-state index in [-0.39, 0.29) is 30.5 Å². The van der Waals surface area contributed by atoms with E-state index in [1.54, 1.807) is 37.6 Å². The van der Waals surface area contributed by atoms with Crippen LogP contribution in [0.2, 0.25) is 0 Å². The number of benzene rings is 1. The van der Waals surface area contributed by atoms with E-state index >= 15 is 0 Å². The van der Waals surface area contributed by atoms with Crippen molar-refractivity contribution in [3.8, 4) is 0 Å². The number of carbonyl (C=O) groups is 4. The number of primary amides is 1. The second-order valence-corrected chi connectivity index (χ2v) is 9.78. The van der Waals surface area contributed by atoms with Crippen molar-refractivity contribution >= 4 is 34.4 Å². The van der Waals surface area contributed by atoms with Crippen LogP contribution in [-0.2, 0) is 20.9 Å². The van der Waals surface area contributed by atoms with Gasteiger partial charge in [0.1, 0.15) is 12.6 Å². The molecule has 178 valence electrons. The maximum Gasteiger partial charge on any atom is 0.273 e. The van der Waals surface area contributed by atoms with Crippen LogP contribution in [-0.4, -0.2) is 45.9 Å². The molecule has 0 bridgehead atoms. The predicted molar refractivity (Wildman–Crippen MR) is 124 cm³/mol. The van der Waals surface area contributed by atoms with Crippen LogP contribution >= 0.6 is 0 Å². The van der Waals surface area contributed by atoms with Gasteiger partial charge in [-0.15, -0.1) is 0 Å². The third kappa shape index (κ3) is 5.97. The monoisotopic (exact) mass is 455 g/mol. The van der Waals surface area contributed by atoms with Gasteiger partial charge in [-0.2, -0.15) is 5.10 Å². The van der Waals surface area contributed by atoms with Gasteiger partial charge in [-0.1, -0.05) is 58.2 Å². The SMILES string of the molecule is CC(C)(C)C(NC(=O)c1nn(CC(=O)C2CCCCC2)c2ccccc12)C(=O)NCC(N)=O. The number of nitrogens with two attached hydrogens (primary N) is 1. The lowest BCUT2D eigenvalue weighted by Crippen LogP contribution is -2.54. The molecule has 1 saturated carbocycles. The topological polar surface area (TPSA) is 136 Å². The molecule has 1 aliphatic carbocycles. The van der Waals surface area contributed by atoms with Crippen LogP contribution in [0.15, 0.2) is 24.3 Å². The standard InChI is InChI=1S/C24H33N5O4/c1-24(2,3)21(23(33)26-13-19(25)31)27-22(32)20-16-11-7-8-12-17(16)29(28-20)14-18(30)15-9-5-4-6-10-15/h7-8,11-12,15,21H,4-6,9-10,13-14H2,1-3H3,(H2,25,31)(H,26,33)(H,27,32). The molecule has 1 unspecified atom stereocenters. The fourth-order valence-corrected chi connectivity index (χ4v) is 4.27. The molecule has 0 saturated heterocycles. The van der Waals surface area contributed by atoms with Crippen LogP contribution < -0.4 is 16.4 Å². The van der Waals surface area contributed by atoms with Gasteiger partial charge in [0.05, 0.1) is 12.1 Å². The number of fused-ring (bicyclic) bond motifs is 1. The third-order valence-electron chi connectivity index (χ3n) is 6.08. The first-order valence-corrected chi connectivity index (χ1v) is 11.4. The average Bonchev–Trinajstić information content (AvgIpc) is 3.14. The van der Waals surface area contributed by atoms with Crippen molar-refractivity contribution in [3.63, 3.8) is 0 Å². The van der Waals surface area contributed by atoms with Crippen molar-refractivity contribution < 1.29 is 19.2 Å². The van der Waals surface area contributed by atoms with E-state index in [2.05, 4.69) is 15.7 Å². The Morgan fingerprint density at radius 3 is 2.42 bits per heavy atom. The van der Waals surface area contributed by atoms with Crippen LogP contribution in [0.5, 0.6) is 0 Å². The summed E-state index contributed by atoms with van der Waals surface area (Å²) in [5.41, 5.74) is 5.33. The lowest BCUT2D eigenvalue weighted by atomic mass is 9.86. The number of hydrogen-bond acceptors (Lipinski definition) is 5. The van der Waals surface area contributed by atoms with Crippen molar-refractivity contribution in [2.45, 2.75) is 65.5 Å². The number of amides is 3. The molecule has 9 heteroatoms. The minimum absolute atomic E-state index is 0.0400. The summed E-state index contributed by atoms with van der Waals surface area (Å²) in [5.74, 6) is -1.53. The van der Waals surface area contributed by atoms with E-state index in [0.29, 0.717) is 10.9 Å². The minimum Gasteiger partial charge on any atom is -0.368 e. The number of aromatic nitrogens is 2. The summed E-state index contributed by atoms with van der Waals surface area (Å²) >= 11 is 0. The van der Waals surface area contributed by atoms with Gasteiger partial charge in [-0.25, -0.2) is 0 Å². The Kier molecular flexibility index (Phi) is 7.50. The molecular weight excluding hydrogens is 422 g/mol. The molecular formula is C24H33N5O4. The Hall–Kier alpha value is -3.23. The predicted octanol–water partition coefficient (Wildman–Crippen LogP) is 1.93. The minimum atomic E-state index is -0.919. The fraction of sp³-hybridized carbons (Fsp3) is 0.542. The number of para-hydroxylation sites is 1. The zero-order valence-electron chi connectivity index (χ0n) is 19.5. The second kappa shape index (κ2) is 10.1. The molecule has 1 heterocycles. The van der Waals surface area contributed by atoms with Crippen molar-refractivity contribution in [2.75, 3.05) is 6.54 Å². The van der Waals surface area contributed by atoms with Gasteiger partial charge < -0.3 is 16.4 Å². The van der Waals surface area contributed by atoms with Gasteiger partial charge in [0.2, 0.25) is 11.8 Å². The molecule has 4 N–H and O–H groups in total. The Labute approximate surface area is 193 Å². The summed E-state index contributed by atoms with van der Waals surface area (Å²) in [5, 5.41) is 10.3. The Morgan fingerprint density at radius 2 is 1.79 bits per heavy atom. The molecule has 9 nitrogen and oxygen atoms in total. The van der Waals surface area contributed by atoms with Crippen LogP contribution in [0.25, 0.3) is 10.9 Å². The van der Waals surface area contributed by atoms with Gasteiger partial charge in [-0.05, 0) is 24.3 Å². The summed E-state index contributed by atoms with van der Waals surface area (Å²) in [6.07, 6.45) is 5.10. The van der Waals surface area contributed by atoms with Gasteiger partial charge >= 0.3 is 0 Å². The number of carbonyl (C=O) groups excluding carboxylic acids is 4. The molecule has 0 spiro atoms. The fourth-order valence-electron chi connectivity index (χ4n) is 4.27. The van der Waals surface area contributed by atoms with Crippen molar-refractivity contribution in [1.82, 2.24) is 20.4 Å². The molecule has 1 atom stereocenters. The average molecular weight is 456 g/mol. The maximum atomic E-state index is 13.2. The summed E-state index contributed by atoms with van der Waals surface area (Å²) in [6, 6.07) is 6.32. The smallest absolute Gasteiger partial charge is 0.273 e. The zero-order chi connectivity index (χ0) is 24.2. The van der Waals surface area contributed by atoms with Crippen LogP contribution in [0.3, 0.4) is 0 Å². The van der Waals surface area contributed by atoms with E-state index in [4.69, 9.17) is 5.73 Å². The summed E-state index contributed by atoms with van der Waals surface area (Å²) in [6.45, 7) is 5.21. The zero-order valence-corrected chi connectivity index (χ0v) is 19.5. The van der Waals surface area contributed by atoms with Gasteiger partial charge in [0.15, 0.2) is 11.5 Å². The van der Waals surface area contributed by atoms with E-state index in [9.17, 15) is 19.2 Å². The van der Waals surface area contributed by atoms with Crippen LogP contribution in [0.1, 0.15) is 63.4 Å². The molecule has 1 fully saturated rings. The van der Waals surface area contributed by atoms with Gasteiger partial charge in [-0.3, -0.25) is 23.9 Å². The van der Waals surface area contributed by atoms with Crippen LogP contribution in [0, 0.1) is 11.3 Å². The molecule has 2 aromatic rings. The maximum absolute atomic E-state index is 13.2.